The number of aromatic nitrogens is 2. The first-order valence-electron chi connectivity index (χ1n) is 8.76. The van der Waals surface area contributed by atoms with Gasteiger partial charge in [-0.1, -0.05) is 6.07 Å². The molecule has 2 aliphatic rings. The predicted molar refractivity (Wildman–Crippen MR) is 98.8 cm³/mol. The maximum absolute atomic E-state index is 5.78. The summed E-state index contributed by atoms with van der Waals surface area (Å²) in [4.78, 5) is 11.5. The molecule has 0 saturated heterocycles. The first-order valence-corrected chi connectivity index (χ1v) is 9.58. The summed E-state index contributed by atoms with van der Waals surface area (Å²) in [6, 6.07) is 6.14. The van der Waals surface area contributed by atoms with Crippen LogP contribution >= 0.6 is 11.3 Å². The molecule has 128 valence electrons. The van der Waals surface area contributed by atoms with Crippen molar-refractivity contribution < 1.29 is 9.47 Å². The zero-order valence-electron chi connectivity index (χ0n) is 13.9. The quantitative estimate of drug-likeness (QED) is 0.772. The Morgan fingerprint density at radius 2 is 1.96 bits per heavy atom. The summed E-state index contributed by atoms with van der Waals surface area (Å²) in [6.45, 7) is 2.12. The van der Waals surface area contributed by atoms with Crippen molar-refractivity contribution in [3.05, 3.63) is 40.5 Å². The van der Waals surface area contributed by atoms with Gasteiger partial charge in [0, 0.05) is 17.8 Å². The number of rotatable bonds is 3. The molecule has 3 heterocycles. The zero-order chi connectivity index (χ0) is 16.6. The SMILES string of the molecule is c1nc(NCc2ccc3c(c2)OCCCO3)c2c3c(sc2n1)CCC3. The molecule has 0 unspecified atom stereocenters. The summed E-state index contributed by atoms with van der Waals surface area (Å²) in [7, 11) is 0. The van der Waals surface area contributed by atoms with E-state index < -0.39 is 0 Å². The lowest BCUT2D eigenvalue weighted by atomic mass is 10.1. The molecule has 2 aromatic heterocycles. The molecule has 25 heavy (non-hydrogen) atoms. The number of fused-ring (bicyclic) bond motifs is 4. The van der Waals surface area contributed by atoms with E-state index in [4.69, 9.17) is 9.47 Å². The first kappa shape index (κ1) is 15.0. The summed E-state index contributed by atoms with van der Waals surface area (Å²) >= 11 is 1.82. The number of hydrogen-bond donors (Lipinski definition) is 1. The Balaban J connectivity index is 1.42. The lowest BCUT2D eigenvalue weighted by Crippen LogP contribution is -2.03. The Morgan fingerprint density at radius 1 is 1.04 bits per heavy atom. The molecule has 6 heteroatoms. The number of thiophene rings is 1. The maximum Gasteiger partial charge on any atom is 0.161 e. The lowest BCUT2D eigenvalue weighted by Gasteiger charge is -2.11. The number of nitrogens with one attached hydrogen (secondary N) is 1. The van der Waals surface area contributed by atoms with Gasteiger partial charge in [0.05, 0.1) is 18.6 Å². The van der Waals surface area contributed by atoms with Gasteiger partial charge in [-0.15, -0.1) is 11.3 Å². The molecule has 0 bridgehead atoms. The smallest absolute Gasteiger partial charge is 0.161 e. The third-order valence-electron chi connectivity index (χ3n) is 4.77. The highest BCUT2D eigenvalue weighted by Gasteiger charge is 2.21. The zero-order valence-corrected chi connectivity index (χ0v) is 14.7. The Bertz CT molecular complexity index is 938. The molecule has 0 spiro atoms. The van der Waals surface area contributed by atoms with Crippen LogP contribution in [0.25, 0.3) is 10.2 Å². The number of benzene rings is 1. The number of aryl methyl sites for hydroxylation is 2. The van der Waals surface area contributed by atoms with E-state index in [9.17, 15) is 0 Å². The average Bonchev–Trinajstić information content (AvgIpc) is 3.13. The highest BCUT2D eigenvalue weighted by Crippen LogP contribution is 2.39. The molecule has 1 aliphatic carbocycles. The molecule has 1 N–H and O–H groups in total. The molecule has 0 fully saturated rings. The number of ether oxygens (including phenoxy) is 2. The van der Waals surface area contributed by atoms with Crippen molar-refractivity contribution in [3.63, 3.8) is 0 Å². The van der Waals surface area contributed by atoms with Crippen molar-refractivity contribution in [1.82, 2.24) is 9.97 Å². The Morgan fingerprint density at radius 3 is 2.92 bits per heavy atom. The third-order valence-corrected chi connectivity index (χ3v) is 5.97. The molecule has 3 aromatic rings. The topological polar surface area (TPSA) is 56.3 Å². The second kappa shape index (κ2) is 6.19. The van der Waals surface area contributed by atoms with Gasteiger partial charge in [0.2, 0.25) is 0 Å². The van der Waals surface area contributed by atoms with Gasteiger partial charge in [-0.2, -0.15) is 0 Å². The highest BCUT2D eigenvalue weighted by atomic mass is 32.1. The summed E-state index contributed by atoms with van der Waals surface area (Å²) in [5.74, 6) is 2.61. The van der Waals surface area contributed by atoms with E-state index in [0.29, 0.717) is 19.8 Å². The lowest BCUT2D eigenvalue weighted by molar-refractivity contribution is 0.297. The predicted octanol–water partition coefficient (Wildman–Crippen LogP) is 3.95. The van der Waals surface area contributed by atoms with E-state index in [0.717, 1.165) is 40.6 Å². The van der Waals surface area contributed by atoms with Crippen molar-refractivity contribution in [2.45, 2.75) is 32.2 Å². The Hall–Kier alpha value is -2.34. The van der Waals surface area contributed by atoms with Crippen molar-refractivity contribution in [1.29, 1.82) is 0 Å². The number of anilines is 1. The fraction of sp³-hybridized carbons (Fsp3) is 0.368. The van der Waals surface area contributed by atoms with Crippen LogP contribution in [0.5, 0.6) is 11.5 Å². The molecule has 0 atom stereocenters. The van der Waals surface area contributed by atoms with Gasteiger partial charge in [0.1, 0.15) is 17.0 Å². The van der Waals surface area contributed by atoms with E-state index in [1.54, 1.807) is 6.33 Å². The summed E-state index contributed by atoms with van der Waals surface area (Å²) in [6.07, 6.45) is 6.14. The Labute approximate surface area is 150 Å². The van der Waals surface area contributed by atoms with Gasteiger partial charge in [0.25, 0.3) is 0 Å². The Kier molecular flexibility index (Phi) is 3.70. The van der Waals surface area contributed by atoms with Crippen LogP contribution in [0.1, 0.15) is 28.8 Å². The van der Waals surface area contributed by atoms with Crippen molar-refractivity contribution >= 4 is 27.4 Å². The van der Waals surface area contributed by atoms with Crippen LogP contribution in [0.3, 0.4) is 0 Å². The normalized spacial score (nSPS) is 15.8. The van der Waals surface area contributed by atoms with Gasteiger partial charge in [-0.25, -0.2) is 9.97 Å². The largest absolute Gasteiger partial charge is 0.490 e. The van der Waals surface area contributed by atoms with E-state index >= 15 is 0 Å². The summed E-state index contributed by atoms with van der Waals surface area (Å²) in [5.41, 5.74) is 2.60. The molecular weight excluding hydrogens is 334 g/mol. The van der Waals surface area contributed by atoms with Gasteiger partial charge in [0.15, 0.2) is 11.5 Å². The third kappa shape index (κ3) is 2.70. The minimum absolute atomic E-state index is 0.702. The molecule has 5 rings (SSSR count). The molecule has 1 aliphatic heterocycles. The highest BCUT2D eigenvalue weighted by molar-refractivity contribution is 7.19. The summed E-state index contributed by atoms with van der Waals surface area (Å²) in [5, 5.41) is 4.72. The molecule has 0 saturated carbocycles. The fourth-order valence-corrected chi connectivity index (χ4v) is 4.79. The van der Waals surface area contributed by atoms with Gasteiger partial charge < -0.3 is 14.8 Å². The van der Waals surface area contributed by atoms with Crippen LogP contribution in [0.4, 0.5) is 5.82 Å². The second-order valence-electron chi connectivity index (χ2n) is 6.44. The monoisotopic (exact) mass is 353 g/mol. The number of nitrogens with zero attached hydrogens (tertiary/aromatic N) is 2. The van der Waals surface area contributed by atoms with E-state index in [1.165, 1.54) is 28.7 Å². The minimum atomic E-state index is 0.702. The van der Waals surface area contributed by atoms with Crippen LogP contribution < -0.4 is 14.8 Å². The van der Waals surface area contributed by atoms with E-state index in [1.807, 2.05) is 17.4 Å². The van der Waals surface area contributed by atoms with Crippen LogP contribution in [0.2, 0.25) is 0 Å². The van der Waals surface area contributed by atoms with Crippen molar-refractivity contribution in [2.75, 3.05) is 18.5 Å². The van der Waals surface area contributed by atoms with E-state index in [-0.39, 0.29) is 0 Å². The fourth-order valence-electron chi connectivity index (χ4n) is 3.57. The van der Waals surface area contributed by atoms with Gasteiger partial charge in [-0.05, 0) is 42.5 Å². The molecule has 0 radical (unpaired) electrons. The van der Waals surface area contributed by atoms with Gasteiger partial charge in [-0.3, -0.25) is 0 Å². The molecular formula is C19H19N3O2S. The molecule has 0 amide bonds. The molecule has 5 nitrogen and oxygen atoms in total. The second-order valence-corrected chi connectivity index (χ2v) is 7.53. The van der Waals surface area contributed by atoms with E-state index in [2.05, 4.69) is 27.4 Å². The standard InChI is InChI=1S/C19H19N3O2S/c1-3-13-16(4-1)25-19-17(13)18(21-11-22-19)20-10-12-5-6-14-15(9-12)24-8-2-7-23-14/h5-6,9,11H,1-4,7-8,10H2,(H,20,21,22). The number of hydrogen-bond acceptors (Lipinski definition) is 6. The first-order chi connectivity index (χ1) is 12.4. The van der Waals surface area contributed by atoms with Crippen molar-refractivity contribution in [3.8, 4) is 11.5 Å². The van der Waals surface area contributed by atoms with Crippen LogP contribution in [0.15, 0.2) is 24.5 Å². The van der Waals surface area contributed by atoms with Crippen molar-refractivity contribution in [2.24, 2.45) is 0 Å². The van der Waals surface area contributed by atoms with Crippen LogP contribution in [-0.4, -0.2) is 23.2 Å². The van der Waals surface area contributed by atoms with Crippen LogP contribution in [0, 0.1) is 0 Å². The molecule has 1 aromatic carbocycles. The maximum atomic E-state index is 5.78. The van der Waals surface area contributed by atoms with Gasteiger partial charge >= 0.3 is 0 Å². The van der Waals surface area contributed by atoms with Crippen LogP contribution in [-0.2, 0) is 19.4 Å². The summed E-state index contributed by atoms with van der Waals surface area (Å²) < 4.78 is 11.5. The average molecular weight is 353 g/mol. The minimum Gasteiger partial charge on any atom is -0.490 e.